The topological polar surface area (TPSA) is 41.6 Å². The molecule has 3 nitrogen and oxygen atoms in total. The molecule has 0 aliphatic rings. The number of fused-ring (bicyclic) bond motifs is 1. The van der Waals surface area contributed by atoms with Crippen LogP contribution in [0.25, 0.3) is 11.2 Å². The van der Waals surface area contributed by atoms with Gasteiger partial charge in [-0.1, -0.05) is 50.9 Å². The molecule has 0 bridgehead atoms. The van der Waals surface area contributed by atoms with Crippen molar-refractivity contribution in [1.29, 1.82) is 0 Å². The van der Waals surface area contributed by atoms with E-state index >= 15 is 0 Å². The van der Waals surface area contributed by atoms with E-state index in [1.54, 1.807) is 6.07 Å². The Morgan fingerprint density at radius 2 is 1.94 bits per heavy atom. The van der Waals surface area contributed by atoms with Crippen LogP contribution in [0.5, 0.6) is 0 Å². The zero-order valence-electron chi connectivity index (χ0n) is 11.0. The third-order valence-electron chi connectivity index (χ3n) is 3.41. The zero-order chi connectivity index (χ0) is 13.5. The summed E-state index contributed by atoms with van der Waals surface area (Å²) in [4.78, 5) is 11.9. The highest BCUT2D eigenvalue weighted by Gasteiger charge is 2.21. The first kappa shape index (κ1) is 13.6. The number of H-pyrrole nitrogens is 1. The molecular formula is C13H17Cl2N3. The summed E-state index contributed by atoms with van der Waals surface area (Å²) in [5.41, 5.74) is 1.71. The number of aromatic nitrogens is 3. The van der Waals surface area contributed by atoms with E-state index in [0.717, 1.165) is 17.8 Å². The van der Waals surface area contributed by atoms with Gasteiger partial charge in [0.15, 0.2) is 5.65 Å². The van der Waals surface area contributed by atoms with Crippen molar-refractivity contribution in [2.75, 3.05) is 0 Å². The van der Waals surface area contributed by atoms with E-state index in [9.17, 15) is 0 Å². The van der Waals surface area contributed by atoms with Crippen LogP contribution in [0.1, 0.15) is 33.5 Å². The molecule has 0 saturated carbocycles. The third kappa shape index (κ3) is 2.78. The normalized spacial score (nSPS) is 14.1. The Labute approximate surface area is 117 Å². The summed E-state index contributed by atoms with van der Waals surface area (Å²) < 4.78 is 0. The van der Waals surface area contributed by atoms with Crippen molar-refractivity contribution >= 4 is 34.4 Å². The van der Waals surface area contributed by atoms with E-state index in [1.165, 1.54) is 0 Å². The number of hydrogen-bond acceptors (Lipinski definition) is 2. The van der Waals surface area contributed by atoms with Crippen molar-refractivity contribution in [2.24, 2.45) is 11.3 Å². The summed E-state index contributed by atoms with van der Waals surface area (Å²) in [6.07, 6.45) is 0.884. The van der Waals surface area contributed by atoms with Crippen molar-refractivity contribution in [1.82, 2.24) is 15.0 Å². The molecule has 0 aliphatic carbocycles. The Morgan fingerprint density at radius 1 is 1.28 bits per heavy atom. The number of nitrogens with one attached hydrogen (secondary N) is 1. The maximum atomic E-state index is 5.93. The summed E-state index contributed by atoms with van der Waals surface area (Å²) in [5, 5.41) is 0.745. The Bertz CT molecular complexity index is 530. The van der Waals surface area contributed by atoms with Crippen molar-refractivity contribution < 1.29 is 0 Å². The van der Waals surface area contributed by atoms with Gasteiger partial charge in [-0.05, 0) is 17.4 Å². The number of pyridine rings is 1. The van der Waals surface area contributed by atoms with Crippen molar-refractivity contribution in [3.63, 3.8) is 0 Å². The molecule has 0 radical (unpaired) electrons. The van der Waals surface area contributed by atoms with Gasteiger partial charge in [-0.3, -0.25) is 0 Å². The number of imidazole rings is 1. The van der Waals surface area contributed by atoms with Crippen molar-refractivity contribution in [2.45, 2.75) is 34.1 Å². The molecule has 0 aliphatic heterocycles. The van der Waals surface area contributed by atoms with Crippen LogP contribution in [0, 0.1) is 11.3 Å². The van der Waals surface area contributed by atoms with Crippen LogP contribution < -0.4 is 0 Å². The van der Waals surface area contributed by atoms with E-state index in [0.29, 0.717) is 21.7 Å². The SMILES string of the molecule is CC(Cc1nc2nc(Cl)c(Cl)cc2[nH]1)C(C)(C)C. The molecule has 0 fully saturated rings. The molecule has 2 aromatic rings. The summed E-state index contributed by atoms with van der Waals surface area (Å²) in [6.45, 7) is 8.91. The average Bonchev–Trinajstić information content (AvgIpc) is 2.59. The smallest absolute Gasteiger partial charge is 0.179 e. The largest absolute Gasteiger partial charge is 0.341 e. The molecule has 2 heterocycles. The molecule has 2 rings (SSSR count). The van der Waals surface area contributed by atoms with E-state index < -0.39 is 0 Å². The van der Waals surface area contributed by atoms with Crippen molar-refractivity contribution in [3.8, 4) is 0 Å². The second kappa shape index (κ2) is 4.71. The highest BCUT2D eigenvalue weighted by atomic mass is 35.5. The number of hydrogen-bond donors (Lipinski definition) is 1. The molecule has 2 aromatic heterocycles. The predicted molar refractivity (Wildman–Crippen MR) is 76.2 cm³/mol. The maximum Gasteiger partial charge on any atom is 0.179 e. The van der Waals surface area contributed by atoms with Crippen LogP contribution >= 0.6 is 23.2 Å². The Morgan fingerprint density at radius 3 is 2.56 bits per heavy atom. The van der Waals surface area contributed by atoms with Gasteiger partial charge in [-0.15, -0.1) is 0 Å². The number of aromatic amines is 1. The lowest BCUT2D eigenvalue weighted by molar-refractivity contribution is 0.257. The van der Waals surface area contributed by atoms with Gasteiger partial charge >= 0.3 is 0 Å². The van der Waals surface area contributed by atoms with Gasteiger partial charge in [0, 0.05) is 6.42 Å². The van der Waals surface area contributed by atoms with Gasteiger partial charge in [0.25, 0.3) is 0 Å². The first-order valence-corrected chi connectivity index (χ1v) is 6.73. The fourth-order valence-corrected chi connectivity index (χ4v) is 1.92. The Hall–Kier alpha value is -0.800. The van der Waals surface area contributed by atoms with Crippen LogP contribution in [0.15, 0.2) is 6.07 Å². The number of rotatable bonds is 2. The Kier molecular flexibility index (Phi) is 3.56. The predicted octanol–water partition coefficient (Wildman–Crippen LogP) is 4.49. The summed E-state index contributed by atoms with van der Waals surface area (Å²) in [6, 6.07) is 1.77. The van der Waals surface area contributed by atoms with Crippen LogP contribution in [0.4, 0.5) is 0 Å². The lowest BCUT2D eigenvalue weighted by atomic mass is 9.80. The molecule has 98 valence electrons. The standard InChI is InChI=1S/C13H17Cl2N3/c1-7(13(2,3)4)5-10-16-9-6-8(14)11(15)18-12(9)17-10/h6-7H,5H2,1-4H3,(H,16,17,18). The van der Waals surface area contributed by atoms with E-state index in [2.05, 4.69) is 42.6 Å². The van der Waals surface area contributed by atoms with Gasteiger partial charge in [-0.25, -0.2) is 9.97 Å². The first-order valence-electron chi connectivity index (χ1n) is 5.98. The minimum Gasteiger partial charge on any atom is -0.341 e. The van der Waals surface area contributed by atoms with Gasteiger partial charge in [0.2, 0.25) is 0 Å². The van der Waals surface area contributed by atoms with Crippen LogP contribution in [-0.2, 0) is 6.42 Å². The molecule has 0 saturated heterocycles. The lowest BCUT2D eigenvalue weighted by Crippen LogP contribution is -2.19. The average molecular weight is 286 g/mol. The molecule has 1 atom stereocenters. The Balaban J connectivity index is 2.31. The molecule has 0 aromatic carbocycles. The molecule has 18 heavy (non-hydrogen) atoms. The van der Waals surface area contributed by atoms with E-state index in [1.807, 2.05) is 0 Å². The van der Waals surface area contributed by atoms with E-state index in [-0.39, 0.29) is 5.41 Å². The summed E-state index contributed by atoms with van der Waals surface area (Å²) in [5.74, 6) is 1.45. The molecule has 1 N–H and O–H groups in total. The number of halogens is 2. The second-order valence-corrected chi connectivity index (χ2v) is 6.55. The van der Waals surface area contributed by atoms with E-state index in [4.69, 9.17) is 23.2 Å². The quantitative estimate of drug-likeness (QED) is 0.826. The highest BCUT2D eigenvalue weighted by molar-refractivity contribution is 6.41. The fourth-order valence-electron chi connectivity index (χ4n) is 1.64. The molecule has 0 amide bonds. The minimum atomic E-state index is 0.252. The zero-order valence-corrected chi connectivity index (χ0v) is 12.5. The van der Waals surface area contributed by atoms with Crippen LogP contribution in [0.3, 0.4) is 0 Å². The van der Waals surface area contributed by atoms with Crippen LogP contribution in [0.2, 0.25) is 10.2 Å². The first-order chi connectivity index (χ1) is 8.27. The van der Waals surface area contributed by atoms with Crippen LogP contribution in [-0.4, -0.2) is 15.0 Å². The summed E-state index contributed by atoms with van der Waals surface area (Å²) in [7, 11) is 0. The minimum absolute atomic E-state index is 0.252. The molecule has 0 spiro atoms. The summed E-state index contributed by atoms with van der Waals surface area (Å²) >= 11 is 11.8. The molecule has 1 unspecified atom stereocenters. The van der Waals surface area contributed by atoms with Gasteiger partial charge < -0.3 is 4.98 Å². The molecule has 5 heteroatoms. The van der Waals surface area contributed by atoms with Gasteiger partial charge in [0.1, 0.15) is 11.0 Å². The fraction of sp³-hybridized carbons (Fsp3) is 0.538. The van der Waals surface area contributed by atoms with Gasteiger partial charge in [0.05, 0.1) is 10.5 Å². The maximum absolute atomic E-state index is 5.93. The van der Waals surface area contributed by atoms with Crippen molar-refractivity contribution in [3.05, 3.63) is 22.1 Å². The second-order valence-electron chi connectivity index (χ2n) is 5.79. The monoisotopic (exact) mass is 285 g/mol. The lowest BCUT2D eigenvalue weighted by Gasteiger charge is -2.26. The number of nitrogens with zero attached hydrogens (tertiary/aromatic N) is 2. The van der Waals surface area contributed by atoms with Gasteiger partial charge in [-0.2, -0.15) is 0 Å². The highest BCUT2D eigenvalue weighted by Crippen LogP contribution is 2.29. The third-order valence-corrected chi connectivity index (χ3v) is 4.08. The molecular weight excluding hydrogens is 269 g/mol.